The van der Waals surface area contributed by atoms with Gasteiger partial charge < -0.3 is 5.73 Å². The maximum absolute atomic E-state index is 5.99. The van der Waals surface area contributed by atoms with Gasteiger partial charge in [0.1, 0.15) is 0 Å². The Morgan fingerprint density at radius 3 is 2.54 bits per heavy atom. The van der Waals surface area contributed by atoms with Gasteiger partial charge in [0.05, 0.1) is 0 Å². The highest BCUT2D eigenvalue weighted by Crippen LogP contribution is 2.11. The Hall–Kier alpha value is -0.560. The molecule has 0 amide bonds. The molecule has 0 saturated heterocycles. The maximum atomic E-state index is 5.99. The van der Waals surface area contributed by atoms with E-state index in [4.69, 9.17) is 5.73 Å². The van der Waals surface area contributed by atoms with Gasteiger partial charge in [-0.3, -0.25) is 0 Å². The van der Waals surface area contributed by atoms with Crippen LogP contribution in [0.2, 0.25) is 0 Å². The van der Waals surface area contributed by atoms with Crippen LogP contribution in [-0.2, 0) is 0 Å². The lowest BCUT2D eigenvalue weighted by molar-refractivity contribution is 0.458. The first-order valence-electron chi connectivity index (χ1n) is 5.17. The lowest BCUT2D eigenvalue weighted by Crippen LogP contribution is -2.34. The van der Waals surface area contributed by atoms with E-state index in [1.165, 1.54) is 6.42 Å². The molecule has 0 heterocycles. The molecule has 0 aliphatic rings. The Labute approximate surface area is 82.7 Å². The molecule has 1 unspecified atom stereocenters. The summed E-state index contributed by atoms with van der Waals surface area (Å²) >= 11 is 0. The van der Waals surface area contributed by atoms with Crippen molar-refractivity contribution in [2.24, 2.45) is 5.73 Å². The predicted molar refractivity (Wildman–Crippen MR) is 60.7 cm³/mol. The monoisotopic (exact) mass is 181 g/mol. The number of allylic oxidation sites excluding steroid dienone is 2. The molecule has 0 aromatic rings. The van der Waals surface area contributed by atoms with Crippen molar-refractivity contribution in [2.75, 3.05) is 0 Å². The second-order valence-electron chi connectivity index (χ2n) is 3.90. The van der Waals surface area contributed by atoms with Gasteiger partial charge in [0, 0.05) is 5.54 Å². The van der Waals surface area contributed by atoms with Crippen molar-refractivity contribution >= 4 is 0 Å². The van der Waals surface area contributed by atoms with E-state index in [1.54, 1.807) is 0 Å². The number of rotatable bonds is 7. The fourth-order valence-electron chi connectivity index (χ4n) is 0.995. The van der Waals surface area contributed by atoms with Crippen molar-refractivity contribution in [1.82, 2.24) is 0 Å². The van der Waals surface area contributed by atoms with Crippen molar-refractivity contribution in [3.05, 3.63) is 24.8 Å². The Morgan fingerprint density at radius 1 is 1.31 bits per heavy atom. The van der Waals surface area contributed by atoms with Gasteiger partial charge in [0.15, 0.2) is 0 Å². The van der Waals surface area contributed by atoms with E-state index in [0.717, 1.165) is 25.7 Å². The summed E-state index contributed by atoms with van der Waals surface area (Å²) < 4.78 is 0. The van der Waals surface area contributed by atoms with Gasteiger partial charge in [-0.25, -0.2) is 0 Å². The van der Waals surface area contributed by atoms with Crippen LogP contribution in [0.1, 0.15) is 46.0 Å². The number of unbranched alkanes of at least 4 members (excludes halogenated alkanes) is 2. The van der Waals surface area contributed by atoms with Crippen LogP contribution < -0.4 is 5.73 Å². The van der Waals surface area contributed by atoms with Crippen LogP contribution >= 0.6 is 0 Å². The van der Waals surface area contributed by atoms with E-state index in [1.807, 2.05) is 6.08 Å². The van der Waals surface area contributed by atoms with Crippen LogP contribution in [0, 0.1) is 0 Å². The van der Waals surface area contributed by atoms with Crippen LogP contribution in [0.4, 0.5) is 0 Å². The molecule has 1 heteroatoms. The third-order valence-electron chi connectivity index (χ3n) is 2.34. The van der Waals surface area contributed by atoms with Crippen LogP contribution in [0.5, 0.6) is 0 Å². The summed E-state index contributed by atoms with van der Waals surface area (Å²) in [6, 6.07) is 0. The van der Waals surface area contributed by atoms with Gasteiger partial charge in [-0.15, -0.1) is 6.58 Å². The zero-order valence-electron chi connectivity index (χ0n) is 9.05. The summed E-state index contributed by atoms with van der Waals surface area (Å²) in [7, 11) is 0. The van der Waals surface area contributed by atoms with Crippen molar-refractivity contribution < 1.29 is 0 Å². The minimum absolute atomic E-state index is 0.0189. The van der Waals surface area contributed by atoms with Crippen LogP contribution in [0.3, 0.4) is 0 Å². The third-order valence-corrected chi connectivity index (χ3v) is 2.34. The Morgan fingerprint density at radius 2 is 2.00 bits per heavy atom. The van der Waals surface area contributed by atoms with Gasteiger partial charge in [-0.2, -0.15) is 0 Å². The van der Waals surface area contributed by atoms with Gasteiger partial charge >= 0.3 is 0 Å². The van der Waals surface area contributed by atoms with Gasteiger partial charge in [-0.1, -0.05) is 25.2 Å². The molecule has 1 nitrogen and oxygen atoms in total. The Balaban J connectivity index is 3.45. The van der Waals surface area contributed by atoms with Crippen molar-refractivity contribution in [2.45, 2.75) is 51.5 Å². The van der Waals surface area contributed by atoms with Crippen molar-refractivity contribution in [3.8, 4) is 0 Å². The highest BCUT2D eigenvalue weighted by atomic mass is 14.7. The topological polar surface area (TPSA) is 26.0 Å². The quantitative estimate of drug-likeness (QED) is 0.472. The smallest absolute Gasteiger partial charge is 0.0157 e. The first-order valence-corrected chi connectivity index (χ1v) is 5.17. The molecule has 0 aromatic heterocycles. The van der Waals surface area contributed by atoms with Crippen LogP contribution in [0.25, 0.3) is 0 Å². The zero-order valence-corrected chi connectivity index (χ0v) is 9.05. The molecular weight excluding hydrogens is 158 g/mol. The molecule has 0 spiro atoms. The molecular formula is C12H23N. The average Bonchev–Trinajstić information content (AvgIpc) is 2.11. The fraction of sp³-hybridized carbons (Fsp3) is 0.667. The number of hydrogen-bond donors (Lipinski definition) is 1. The molecule has 0 aliphatic carbocycles. The van der Waals surface area contributed by atoms with Crippen LogP contribution in [-0.4, -0.2) is 5.54 Å². The van der Waals surface area contributed by atoms with E-state index in [-0.39, 0.29) is 5.54 Å². The largest absolute Gasteiger partial charge is 0.325 e. The zero-order chi connectivity index (χ0) is 10.2. The maximum Gasteiger partial charge on any atom is 0.0157 e. The van der Waals surface area contributed by atoms with Crippen molar-refractivity contribution in [1.29, 1.82) is 0 Å². The van der Waals surface area contributed by atoms with Gasteiger partial charge in [0.25, 0.3) is 0 Å². The third kappa shape index (κ3) is 7.79. The fourth-order valence-corrected chi connectivity index (χ4v) is 0.995. The lowest BCUT2D eigenvalue weighted by Gasteiger charge is -2.19. The van der Waals surface area contributed by atoms with Crippen LogP contribution in [0.15, 0.2) is 24.8 Å². The molecule has 0 bridgehead atoms. The number of nitrogens with two attached hydrogens (primary N) is 1. The molecule has 0 fully saturated rings. The van der Waals surface area contributed by atoms with E-state index in [0.29, 0.717) is 0 Å². The first-order chi connectivity index (χ1) is 6.12. The molecule has 0 rings (SSSR count). The molecule has 76 valence electrons. The molecule has 1 atom stereocenters. The first kappa shape index (κ1) is 12.4. The average molecular weight is 181 g/mol. The summed E-state index contributed by atoms with van der Waals surface area (Å²) in [6.45, 7) is 7.92. The van der Waals surface area contributed by atoms with E-state index >= 15 is 0 Å². The summed E-state index contributed by atoms with van der Waals surface area (Å²) in [5.74, 6) is 0. The standard InChI is InChI=1S/C12H23N/c1-4-6-7-8-9-10-11-12(3,13)5-2/h4,9-10H,1,5-8,11,13H2,2-3H3/b10-9+. The lowest BCUT2D eigenvalue weighted by atomic mass is 9.96. The summed E-state index contributed by atoms with van der Waals surface area (Å²) in [5.41, 5.74) is 5.97. The minimum Gasteiger partial charge on any atom is -0.325 e. The predicted octanol–water partition coefficient (Wildman–Crippen LogP) is 3.42. The highest BCUT2D eigenvalue weighted by molar-refractivity contribution is 4.91. The molecule has 2 N–H and O–H groups in total. The second-order valence-corrected chi connectivity index (χ2v) is 3.90. The minimum atomic E-state index is -0.0189. The van der Waals surface area contributed by atoms with E-state index in [9.17, 15) is 0 Å². The Kier molecular flexibility index (Phi) is 6.61. The summed E-state index contributed by atoms with van der Waals surface area (Å²) in [5, 5.41) is 0. The molecule has 13 heavy (non-hydrogen) atoms. The second kappa shape index (κ2) is 6.90. The molecule has 0 aromatic carbocycles. The SMILES string of the molecule is C=CCCC/C=C/CC(C)(N)CC. The van der Waals surface area contributed by atoms with Gasteiger partial charge in [0.2, 0.25) is 0 Å². The van der Waals surface area contributed by atoms with Gasteiger partial charge in [-0.05, 0) is 39.0 Å². The molecule has 0 radical (unpaired) electrons. The molecule has 0 saturated carbocycles. The summed E-state index contributed by atoms with van der Waals surface area (Å²) in [4.78, 5) is 0. The van der Waals surface area contributed by atoms with E-state index in [2.05, 4.69) is 32.6 Å². The summed E-state index contributed by atoms with van der Waals surface area (Å²) in [6.07, 6.45) is 11.9. The van der Waals surface area contributed by atoms with E-state index < -0.39 is 0 Å². The van der Waals surface area contributed by atoms with Crippen molar-refractivity contribution in [3.63, 3.8) is 0 Å². The molecule has 0 aliphatic heterocycles. The highest BCUT2D eigenvalue weighted by Gasteiger charge is 2.11. The normalized spacial score (nSPS) is 15.9. The number of hydrogen-bond acceptors (Lipinski definition) is 1. The Bertz CT molecular complexity index is 157.